The number of rotatable bonds is 4. The van der Waals surface area contributed by atoms with Gasteiger partial charge in [0.25, 0.3) is 0 Å². The van der Waals surface area contributed by atoms with E-state index in [2.05, 4.69) is 4.98 Å². The average molecular weight is 251 g/mol. The number of anilines is 1. The van der Waals surface area contributed by atoms with Crippen LogP contribution in [0.25, 0.3) is 0 Å². The smallest absolute Gasteiger partial charge is 0.151 e. The van der Waals surface area contributed by atoms with Gasteiger partial charge in [0.15, 0.2) is 5.15 Å². The summed E-state index contributed by atoms with van der Waals surface area (Å²) in [7, 11) is 0. The van der Waals surface area contributed by atoms with Gasteiger partial charge in [-0.3, -0.25) is 0 Å². The van der Waals surface area contributed by atoms with E-state index < -0.39 is 12.2 Å². The van der Waals surface area contributed by atoms with Crippen LogP contribution in [-0.2, 0) is 0 Å². The van der Waals surface area contributed by atoms with Crippen molar-refractivity contribution in [3.63, 3.8) is 0 Å². The molecule has 1 heterocycles. The molecule has 0 amide bonds. The Bertz CT molecular complexity index is 336. The highest BCUT2D eigenvalue weighted by Crippen LogP contribution is 2.23. The first-order valence-electron chi connectivity index (χ1n) is 4.39. The number of aliphatic hydroxyl groups excluding tert-OH is 2. The minimum Gasteiger partial charge on any atom is -0.396 e. The predicted octanol–water partition coefficient (Wildman–Crippen LogP) is 1.34. The largest absolute Gasteiger partial charge is 0.396 e. The average Bonchev–Trinajstić information content (AvgIpc) is 2.21. The fourth-order valence-electron chi connectivity index (χ4n) is 1.14. The van der Waals surface area contributed by atoms with Gasteiger partial charge in [0.1, 0.15) is 6.10 Å². The van der Waals surface area contributed by atoms with Gasteiger partial charge in [-0.2, -0.15) is 0 Å². The van der Waals surface area contributed by atoms with E-state index in [0.29, 0.717) is 12.0 Å². The monoisotopic (exact) mass is 250 g/mol. The normalized spacial score (nSPS) is 14.9. The molecule has 0 aliphatic carbocycles. The van der Waals surface area contributed by atoms with Crippen molar-refractivity contribution in [2.45, 2.75) is 18.6 Å². The Labute approximate surface area is 97.6 Å². The molecule has 2 unspecified atom stereocenters. The highest BCUT2D eigenvalue weighted by molar-refractivity contribution is 6.31. The van der Waals surface area contributed by atoms with E-state index in [9.17, 15) is 10.2 Å². The van der Waals surface area contributed by atoms with Crippen molar-refractivity contribution in [2.24, 2.45) is 0 Å². The fraction of sp³-hybridized carbons (Fsp3) is 0.444. The second-order valence-corrected chi connectivity index (χ2v) is 3.87. The van der Waals surface area contributed by atoms with Crippen LogP contribution in [0.15, 0.2) is 12.3 Å². The van der Waals surface area contributed by atoms with Gasteiger partial charge in [0.05, 0.1) is 11.8 Å². The molecule has 15 heavy (non-hydrogen) atoms. The third-order valence-corrected chi connectivity index (χ3v) is 2.53. The number of hydrogen-bond acceptors (Lipinski definition) is 4. The standard InChI is InChI=1S/C9H12Cl2N2O2/c10-2-1-7(14)8(15)5-3-6(12)9(11)13-4-5/h3-4,7-8,14-15H,1-2,12H2. The summed E-state index contributed by atoms with van der Waals surface area (Å²) >= 11 is 11.1. The van der Waals surface area contributed by atoms with E-state index in [1.165, 1.54) is 12.3 Å². The van der Waals surface area contributed by atoms with Crippen molar-refractivity contribution in [3.8, 4) is 0 Å². The second kappa shape index (κ2) is 5.51. The number of nitrogens with zero attached hydrogens (tertiary/aromatic N) is 1. The topological polar surface area (TPSA) is 79.4 Å². The Kier molecular flexibility index (Phi) is 4.60. The lowest BCUT2D eigenvalue weighted by molar-refractivity contribution is 0.0168. The molecule has 0 saturated carbocycles. The van der Waals surface area contributed by atoms with Crippen molar-refractivity contribution >= 4 is 28.9 Å². The quantitative estimate of drug-likeness (QED) is 0.557. The van der Waals surface area contributed by atoms with E-state index in [4.69, 9.17) is 28.9 Å². The SMILES string of the molecule is Nc1cc(C(O)C(O)CCCl)cnc1Cl. The number of aliphatic hydroxyl groups is 2. The molecule has 1 rings (SSSR count). The fourth-order valence-corrected chi connectivity index (χ4v) is 1.46. The van der Waals surface area contributed by atoms with Crippen LogP contribution in [0, 0.1) is 0 Å². The number of halogens is 2. The van der Waals surface area contributed by atoms with Crippen LogP contribution >= 0.6 is 23.2 Å². The van der Waals surface area contributed by atoms with Crippen molar-refractivity contribution in [1.82, 2.24) is 4.98 Å². The zero-order chi connectivity index (χ0) is 11.4. The second-order valence-electron chi connectivity index (χ2n) is 3.14. The first kappa shape index (κ1) is 12.5. The summed E-state index contributed by atoms with van der Waals surface area (Å²) in [6.07, 6.45) is -0.299. The summed E-state index contributed by atoms with van der Waals surface area (Å²) in [6.45, 7) is 0. The van der Waals surface area contributed by atoms with Crippen LogP contribution in [0.1, 0.15) is 18.1 Å². The maximum Gasteiger partial charge on any atom is 0.151 e. The Morgan fingerprint density at radius 3 is 2.67 bits per heavy atom. The first-order valence-corrected chi connectivity index (χ1v) is 5.30. The van der Waals surface area contributed by atoms with E-state index in [1.54, 1.807) is 0 Å². The molecule has 0 aliphatic rings. The lowest BCUT2D eigenvalue weighted by Crippen LogP contribution is -2.19. The number of nitrogen functional groups attached to an aromatic ring is 1. The molecule has 2 atom stereocenters. The first-order chi connectivity index (χ1) is 7.06. The molecule has 4 N–H and O–H groups in total. The van der Waals surface area contributed by atoms with Crippen LogP contribution < -0.4 is 5.73 Å². The lowest BCUT2D eigenvalue weighted by atomic mass is 10.0. The van der Waals surface area contributed by atoms with E-state index >= 15 is 0 Å². The van der Waals surface area contributed by atoms with Gasteiger partial charge >= 0.3 is 0 Å². The van der Waals surface area contributed by atoms with E-state index in [0.717, 1.165) is 0 Å². The highest BCUT2D eigenvalue weighted by Gasteiger charge is 2.18. The molecule has 0 radical (unpaired) electrons. The number of aromatic nitrogens is 1. The zero-order valence-electron chi connectivity index (χ0n) is 7.90. The van der Waals surface area contributed by atoms with Crippen molar-refractivity contribution in [2.75, 3.05) is 11.6 Å². The maximum absolute atomic E-state index is 9.69. The maximum atomic E-state index is 9.69. The van der Waals surface area contributed by atoms with Gasteiger partial charge in [0.2, 0.25) is 0 Å². The van der Waals surface area contributed by atoms with Gasteiger partial charge in [-0.05, 0) is 12.5 Å². The van der Waals surface area contributed by atoms with Gasteiger partial charge in [-0.1, -0.05) is 11.6 Å². The molecule has 6 heteroatoms. The van der Waals surface area contributed by atoms with Crippen LogP contribution in [-0.4, -0.2) is 27.2 Å². The number of nitrogens with two attached hydrogens (primary N) is 1. The molecule has 0 aromatic carbocycles. The third kappa shape index (κ3) is 3.21. The molecule has 1 aromatic rings. The summed E-state index contributed by atoms with van der Waals surface area (Å²) in [6, 6.07) is 1.48. The van der Waals surface area contributed by atoms with Crippen molar-refractivity contribution in [1.29, 1.82) is 0 Å². The molecule has 0 spiro atoms. The van der Waals surface area contributed by atoms with Crippen molar-refractivity contribution < 1.29 is 10.2 Å². The summed E-state index contributed by atoms with van der Waals surface area (Å²) in [4.78, 5) is 3.78. The van der Waals surface area contributed by atoms with Crippen LogP contribution in [0.5, 0.6) is 0 Å². The van der Waals surface area contributed by atoms with Crippen LogP contribution in [0.4, 0.5) is 5.69 Å². The van der Waals surface area contributed by atoms with Crippen LogP contribution in [0.2, 0.25) is 5.15 Å². The number of alkyl halides is 1. The summed E-state index contributed by atoms with van der Waals surface area (Å²) in [5, 5.41) is 19.4. The van der Waals surface area contributed by atoms with Crippen LogP contribution in [0.3, 0.4) is 0 Å². The Balaban J connectivity index is 2.81. The van der Waals surface area contributed by atoms with Gasteiger partial charge in [-0.25, -0.2) is 4.98 Å². The Hall–Kier alpha value is -0.550. The van der Waals surface area contributed by atoms with E-state index in [-0.39, 0.29) is 16.7 Å². The Morgan fingerprint density at radius 2 is 2.13 bits per heavy atom. The molecule has 0 bridgehead atoms. The number of pyridine rings is 1. The third-order valence-electron chi connectivity index (χ3n) is 2.00. The minimum absolute atomic E-state index is 0.179. The summed E-state index contributed by atoms with van der Waals surface area (Å²) < 4.78 is 0. The summed E-state index contributed by atoms with van der Waals surface area (Å²) in [5.74, 6) is 0.273. The molecule has 1 aromatic heterocycles. The molecule has 0 aliphatic heterocycles. The van der Waals surface area contributed by atoms with Gasteiger partial charge < -0.3 is 15.9 Å². The van der Waals surface area contributed by atoms with Gasteiger partial charge in [0, 0.05) is 17.6 Å². The van der Waals surface area contributed by atoms with Crippen molar-refractivity contribution in [3.05, 3.63) is 23.0 Å². The zero-order valence-corrected chi connectivity index (χ0v) is 9.41. The molecular weight excluding hydrogens is 239 g/mol. The Morgan fingerprint density at radius 1 is 1.47 bits per heavy atom. The molecule has 4 nitrogen and oxygen atoms in total. The lowest BCUT2D eigenvalue weighted by Gasteiger charge is -2.17. The molecular formula is C9H12Cl2N2O2. The van der Waals surface area contributed by atoms with Gasteiger partial charge in [-0.15, -0.1) is 11.6 Å². The summed E-state index contributed by atoms with van der Waals surface area (Å²) in [5.41, 5.74) is 6.21. The number of hydrogen-bond donors (Lipinski definition) is 3. The van der Waals surface area contributed by atoms with E-state index in [1.807, 2.05) is 0 Å². The minimum atomic E-state index is -1.05. The molecule has 0 saturated heterocycles. The predicted molar refractivity (Wildman–Crippen MR) is 60.0 cm³/mol. The highest BCUT2D eigenvalue weighted by atomic mass is 35.5. The molecule has 84 valence electrons. The molecule has 0 fully saturated rings.